The highest BCUT2D eigenvalue weighted by Crippen LogP contribution is 2.15. The second-order valence-electron chi connectivity index (χ2n) is 5.35. The Kier molecular flexibility index (Phi) is 6.49. The van der Waals surface area contributed by atoms with Crippen LogP contribution in [0.3, 0.4) is 0 Å². The average Bonchev–Trinajstić information content (AvgIpc) is 2.38. The summed E-state index contributed by atoms with van der Waals surface area (Å²) in [5, 5.41) is 7.48. The average molecular weight is 301 g/mol. The largest absolute Gasteiger partial charge is 0.381 e. The van der Waals surface area contributed by atoms with Crippen molar-refractivity contribution in [3.05, 3.63) is 21.6 Å². The Morgan fingerprint density at radius 1 is 1.35 bits per heavy atom. The van der Waals surface area contributed by atoms with Gasteiger partial charge in [0.1, 0.15) is 5.02 Å². The van der Waals surface area contributed by atoms with Crippen LogP contribution < -0.4 is 10.9 Å². The van der Waals surface area contributed by atoms with Crippen LogP contribution in [0.2, 0.25) is 5.02 Å². The molecule has 0 aromatic carbocycles. The molecule has 1 aromatic heterocycles. The van der Waals surface area contributed by atoms with Gasteiger partial charge in [0, 0.05) is 31.7 Å². The zero-order valence-corrected chi connectivity index (χ0v) is 13.7. The van der Waals surface area contributed by atoms with E-state index in [1.54, 1.807) is 6.20 Å². The van der Waals surface area contributed by atoms with Crippen LogP contribution in [-0.2, 0) is 6.54 Å². The van der Waals surface area contributed by atoms with Crippen molar-refractivity contribution in [3.8, 4) is 0 Å². The molecule has 0 amide bonds. The van der Waals surface area contributed by atoms with Gasteiger partial charge in [0.15, 0.2) is 0 Å². The minimum absolute atomic E-state index is 0.211. The van der Waals surface area contributed by atoms with Gasteiger partial charge >= 0.3 is 0 Å². The molecule has 1 heterocycles. The van der Waals surface area contributed by atoms with E-state index in [0.29, 0.717) is 24.3 Å². The van der Waals surface area contributed by atoms with Gasteiger partial charge in [0.2, 0.25) is 0 Å². The quantitative estimate of drug-likeness (QED) is 0.840. The Morgan fingerprint density at radius 2 is 1.95 bits per heavy atom. The van der Waals surface area contributed by atoms with E-state index in [0.717, 1.165) is 13.1 Å². The van der Waals surface area contributed by atoms with E-state index in [2.05, 4.69) is 43.0 Å². The van der Waals surface area contributed by atoms with Crippen LogP contribution in [0.5, 0.6) is 0 Å². The topological polar surface area (TPSA) is 50.2 Å². The third-order valence-corrected chi connectivity index (χ3v) is 3.66. The summed E-state index contributed by atoms with van der Waals surface area (Å²) < 4.78 is 1.35. The minimum Gasteiger partial charge on any atom is -0.381 e. The molecule has 20 heavy (non-hydrogen) atoms. The van der Waals surface area contributed by atoms with Crippen LogP contribution in [0.1, 0.15) is 34.6 Å². The Balaban J connectivity index is 2.67. The number of anilines is 1. The maximum atomic E-state index is 11.9. The van der Waals surface area contributed by atoms with Crippen molar-refractivity contribution in [1.82, 2.24) is 14.7 Å². The lowest BCUT2D eigenvalue weighted by atomic mass is 10.2. The van der Waals surface area contributed by atoms with Crippen LogP contribution in [0, 0.1) is 0 Å². The summed E-state index contributed by atoms with van der Waals surface area (Å²) in [6, 6.07) is 0.969. The minimum atomic E-state index is -0.247. The molecule has 0 bridgehead atoms. The molecule has 5 nitrogen and oxygen atoms in total. The lowest BCUT2D eigenvalue weighted by molar-refractivity contribution is 0.182. The second kappa shape index (κ2) is 7.64. The molecular formula is C14H25ClN4O. The number of nitrogens with one attached hydrogen (secondary N) is 1. The fourth-order valence-electron chi connectivity index (χ4n) is 2.25. The van der Waals surface area contributed by atoms with E-state index >= 15 is 0 Å². The van der Waals surface area contributed by atoms with E-state index in [1.165, 1.54) is 4.68 Å². The molecule has 0 aliphatic rings. The van der Waals surface area contributed by atoms with Crippen molar-refractivity contribution in [3.63, 3.8) is 0 Å². The highest BCUT2D eigenvalue weighted by molar-refractivity contribution is 6.32. The maximum Gasteiger partial charge on any atom is 0.287 e. The molecular weight excluding hydrogens is 276 g/mol. The predicted molar refractivity (Wildman–Crippen MR) is 84.6 cm³/mol. The molecule has 0 spiro atoms. The van der Waals surface area contributed by atoms with Crippen molar-refractivity contribution in [2.24, 2.45) is 0 Å². The third-order valence-electron chi connectivity index (χ3n) is 3.30. The summed E-state index contributed by atoms with van der Waals surface area (Å²) in [5.74, 6) is 0. The number of halogens is 1. The van der Waals surface area contributed by atoms with Gasteiger partial charge < -0.3 is 5.32 Å². The molecule has 1 rings (SSSR count). The van der Waals surface area contributed by atoms with E-state index in [-0.39, 0.29) is 10.6 Å². The zero-order chi connectivity index (χ0) is 15.3. The lowest BCUT2D eigenvalue weighted by Gasteiger charge is -2.30. The fourth-order valence-corrected chi connectivity index (χ4v) is 2.46. The van der Waals surface area contributed by atoms with Crippen LogP contribution in [-0.4, -0.2) is 39.9 Å². The number of rotatable bonds is 7. The van der Waals surface area contributed by atoms with Gasteiger partial charge in [-0.25, -0.2) is 4.68 Å². The summed E-state index contributed by atoms with van der Waals surface area (Å²) in [4.78, 5) is 14.2. The van der Waals surface area contributed by atoms with Crippen LogP contribution >= 0.6 is 11.6 Å². The second-order valence-corrected chi connectivity index (χ2v) is 5.72. The van der Waals surface area contributed by atoms with Crippen molar-refractivity contribution >= 4 is 17.3 Å². The summed E-state index contributed by atoms with van der Waals surface area (Å²) in [6.07, 6.45) is 1.61. The SMILES string of the molecule is CCn1ncc(NCCN(C(C)C)C(C)C)c(Cl)c1=O. The van der Waals surface area contributed by atoms with Gasteiger partial charge in [-0.3, -0.25) is 9.69 Å². The molecule has 1 aromatic rings. The first kappa shape index (κ1) is 17.0. The van der Waals surface area contributed by atoms with Crippen LogP contribution in [0.15, 0.2) is 11.0 Å². The molecule has 0 atom stereocenters. The molecule has 0 aliphatic carbocycles. The Bertz CT molecular complexity index is 477. The number of nitrogens with zero attached hydrogens (tertiary/aromatic N) is 3. The fraction of sp³-hybridized carbons (Fsp3) is 0.714. The molecule has 0 aliphatic heterocycles. The molecule has 0 saturated heterocycles. The van der Waals surface area contributed by atoms with Gasteiger partial charge in [-0.15, -0.1) is 0 Å². The standard InChI is InChI=1S/C14H25ClN4O/c1-6-19-14(20)13(15)12(9-17-19)16-7-8-18(10(2)3)11(4)5/h9-11,16H,6-8H2,1-5H3. The normalized spacial score (nSPS) is 11.7. The summed E-state index contributed by atoms with van der Waals surface area (Å²) in [5.41, 5.74) is 0.359. The number of hydrogen-bond acceptors (Lipinski definition) is 4. The Labute approximate surface area is 125 Å². The molecule has 0 radical (unpaired) electrons. The number of hydrogen-bond donors (Lipinski definition) is 1. The lowest BCUT2D eigenvalue weighted by Crippen LogP contribution is -2.40. The van der Waals surface area contributed by atoms with E-state index in [4.69, 9.17) is 11.6 Å². The monoisotopic (exact) mass is 300 g/mol. The first-order valence-corrected chi connectivity index (χ1v) is 7.51. The van der Waals surface area contributed by atoms with E-state index in [9.17, 15) is 4.79 Å². The number of aryl methyl sites for hydroxylation is 1. The molecule has 1 N–H and O–H groups in total. The van der Waals surface area contributed by atoms with E-state index < -0.39 is 0 Å². The van der Waals surface area contributed by atoms with Crippen LogP contribution in [0.4, 0.5) is 5.69 Å². The van der Waals surface area contributed by atoms with Crippen molar-refractivity contribution < 1.29 is 0 Å². The van der Waals surface area contributed by atoms with Crippen LogP contribution in [0.25, 0.3) is 0 Å². The predicted octanol–water partition coefficient (Wildman–Crippen LogP) is 2.45. The first-order valence-electron chi connectivity index (χ1n) is 7.13. The Morgan fingerprint density at radius 3 is 2.45 bits per heavy atom. The summed E-state index contributed by atoms with van der Waals surface area (Å²) in [7, 11) is 0. The van der Waals surface area contributed by atoms with Gasteiger partial charge in [0.05, 0.1) is 11.9 Å². The first-order chi connectivity index (χ1) is 9.38. The van der Waals surface area contributed by atoms with Gasteiger partial charge in [-0.05, 0) is 34.6 Å². The van der Waals surface area contributed by atoms with Crippen molar-refractivity contribution in [2.45, 2.75) is 53.2 Å². The molecule has 6 heteroatoms. The molecule has 0 unspecified atom stereocenters. The Hall–Kier alpha value is -1.07. The maximum absolute atomic E-state index is 11.9. The van der Waals surface area contributed by atoms with E-state index in [1.807, 2.05) is 6.92 Å². The van der Waals surface area contributed by atoms with Gasteiger partial charge in [-0.2, -0.15) is 5.10 Å². The molecule has 0 fully saturated rings. The van der Waals surface area contributed by atoms with Gasteiger partial charge in [-0.1, -0.05) is 11.6 Å². The number of aromatic nitrogens is 2. The van der Waals surface area contributed by atoms with Crippen molar-refractivity contribution in [1.29, 1.82) is 0 Å². The smallest absolute Gasteiger partial charge is 0.287 e. The van der Waals surface area contributed by atoms with Crippen molar-refractivity contribution in [2.75, 3.05) is 18.4 Å². The van der Waals surface area contributed by atoms with Gasteiger partial charge in [0.25, 0.3) is 5.56 Å². The highest BCUT2D eigenvalue weighted by atomic mass is 35.5. The third kappa shape index (κ3) is 4.21. The molecule has 114 valence electrons. The summed E-state index contributed by atoms with van der Waals surface area (Å²) in [6.45, 7) is 12.7. The zero-order valence-electron chi connectivity index (χ0n) is 13.0. The highest BCUT2D eigenvalue weighted by Gasteiger charge is 2.13. The molecule has 0 saturated carbocycles. The summed E-state index contributed by atoms with van der Waals surface area (Å²) >= 11 is 6.07.